The van der Waals surface area contributed by atoms with Crippen LogP contribution in [0.2, 0.25) is 5.02 Å². The quantitative estimate of drug-likeness (QED) is 0.839. The SMILES string of the molecule is Cc1csc(C(=O)Nc2cc(C#CCO)ccn2)c1Cl. The zero-order valence-electron chi connectivity index (χ0n) is 10.6. The van der Waals surface area contributed by atoms with E-state index in [0.29, 0.717) is 21.3 Å². The third-order valence-electron chi connectivity index (χ3n) is 2.42. The molecule has 102 valence electrons. The first-order chi connectivity index (χ1) is 9.61. The van der Waals surface area contributed by atoms with E-state index in [1.165, 1.54) is 17.5 Å². The summed E-state index contributed by atoms with van der Waals surface area (Å²) in [7, 11) is 0. The smallest absolute Gasteiger partial charge is 0.268 e. The standard InChI is InChI=1S/C14H11ClN2O2S/c1-9-8-20-13(12(9)15)14(19)17-11-7-10(3-2-6-18)4-5-16-11/h4-5,7-8,18H,6H2,1H3,(H,16,17,19). The number of amides is 1. The van der Waals surface area contributed by atoms with E-state index < -0.39 is 0 Å². The van der Waals surface area contributed by atoms with Crippen LogP contribution >= 0.6 is 22.9 Å². The number of hydrogen-bond donors (Lipinski definition) is 2. The van der Waals surface area contributed by atoms with Crippen molar-refractivity contribution >= 4 is 34.7 Å². The Morgan fingerprint density at radius 1 is 1.60 bits per heavy atom. The minimum atomic E-state index is -0.298. The molecule has 2 aromatic heterocycles. The Morgan fingerprint density at radius 2 is 2.40 bits per heavy atom. The third-order valence-corrected chi connectivity index (χ3v) is 4.11. The van der Waals surface area contributed by atoms with Crippen LogP contribution in [0.5, 0.6) is 0 Å². The molecule has 0 unspecified atom stereocenters. The Morgan fingerprint density at radius 3 is 3.05 bits per heavy atom. The number of nitrogens with zero attached hydrogens (tertiary/aromatic N) is 1. The number of thiophene rings is 1. The molecule has 0 saturated carbocycles. The molecule has 6 heteroatoms. The van der Waals surface area contributed by atoms with Crippen molar-refractivity contribution in [3.05, 3.63) is 44.7 Å². The Hall–Kier alpha value is -1.87. The van der Waals surface area contributed by atoms with Crippen LogP contribution in [0.1, 0.15) is 20.8 Å². The molecule has 0 spiro atoms. The lowest BCUT2D eigenvalue weighted by Gasteiger charge is -2.03. The number of anilines is 1. The van der Waals surface area contributed by atoms with Gasteiger partial charge in [0.25, 0.3) is 5.91 Å². The summed E-state index contributed by atoms with van der Waals surface area (Å²) in [5.41, 5.74) is 1.54. The number of aromatic nitrogens is 1. The molecular weight excluding hydrogens is 296 g/mol. The van der Waals surface area contributed by atoms with Gasteiger partial charge in [0.1, 0.15) is 17.3 Å². The van der Waals surface area contributed by atoms with Crippen molar-refractivity contribution in [3.8, 4) is 11.8 Å². The second-order valence-electron chi connectivity index (χ2n) is 3.91. The lowest BCUT2D eigenvalue weighted by atomic mass is 10.2. The van der Waals surface area contributed by atoms with Crippen LogP contribution in [0, 0.1) is 18.8 Å². The average molecular weight is 307 g/mol. The van der Waals surface area contributed by atoms with Crippen LogP contribution in [0.3, 0.4) is 0 Å². The van der Waals surface area contributed by atoms with E-state index in [1.54, 1.807) is 12.1 Å². The van der Waals surface area contributed by atoms with Gasteiger partial charge in [0.15, 0.2) is 0 Å². The summed E-state index contributed by atoms with van der Waals surface area (Å²) in [6, 6.07) is 3.33. The molecular formula is C14H11ClN2O2S. The lowest BCUT2D eigenvalue weighted by Crippen LogP contribution is -2.12. The molecule has 20 heavy (non-hydrogen) atoms. The van der Waals surface area contributed by atoms with Gasteiger partial charge in [-0.05, 0) is 30.0 Å². The lowest BCUT2D eigenvalue weighted by molar-refractivity contribution is 0.103. The van der Waals surface area contributed by atoms with Crippen molar-refractivity contribution in [2.75, 3.05) is 11.9 Å². The highest BCUT2D eigenvalue weighted by atomic mass is 35.5. The molecule has 2 heterocycles. The zero-order chi connectivity index (χ0) is 14.5. The highest BCUT2D eigenvalue weighted by Crippen LogP contribution is 2.27. The molecule has 0 radical (unpaired) electrons. The van der Waals surface area contributed by atoms with Crippen molar-refractivity contribution < 1.29 is 9.90 Å². The van der Waals surface area contributed by atoms with E-state index >= 15 is 0 Å². The van der Waals surface area contributed by atoms with E-state index in [-0.39, 0.29) is 12.5 Å². The van der Waals surface area contributed by atoms with Crippen LogP contribution in [0.25, 0.3) is 0 Å². The van der Waals surface area contributed by atoms with E-state index in [9.17, 15) is 4.79 Å². The number of halogens is 1. The summed E-state index contributed by atoms with van der Waals surface area (Å²) in [4.78, 5) is 16.6. The third kappa shape index (κ3) is 3.36. The number of hydrogen-bond acceptors (Lipinski definition) is 4. The van der Waals surface area contributed by atoms with Crippen molar-refractivity contribution in [1.82, 2.24) is 4.98 Å². The molecule has 0 saturated heterocycles. The molecule has 2 rings (SSSR count). The number of aryl methyl sites for hydroxylation is 1. The molecule has 0 fully saturated rings. The summed E-state index contributed by atoms with van der Waals surface area (Å²) < 4.78 is 0. The predicted octanol–water partition coefficient (Wildman–Crippen LogP) is 2.70. The summed E-state index contributed by atoms with van der Waals surface area (Å²) >= 11 is 7.34. The Bertz CT molecular complexity index is 701. The monoisotopic (exact) mass is 306 g/mol. The number of aliphatic hydroxyl groups excluding tert-OH is 1. The van der Waals surface area contributed by atoms with Gasteiger partial charge in [0.2, 0.25) is 0 Å². The molecule has 0 bridgehead atoms. The minimum absolute atomic E-state index is 0.214. The number of aliphatic hydroxyl groups is 1. The minimum Gasteiger partial charge on any atom is -0.384 e. The van der Waals surface area contributed by atoms with E-state index in [1.807, 2.05) is 12.3 Å². The van der Waals surface area contributed by atoms with Crippen molar-refractivity contribution in [2.45, 2.75) is 6.92 Å². The maximum Gasteiger partial charge on any atom is 0.268 e. The summed E-state index contributed by atoms with van der Waals surface area (Å²) in [5, 5.41) is 13.6. The molecule has 1 amide bonds. The summed E-state index contributed by atoms with van der Waals surface area (Å²) in [6.07, 6.45) is 1.54. The van der Waals surface area contributed by atoms with Crippen LogP contribution in [-0.2, 0) is 0 Å². The highest BCUT2D eigenvalue weighted by Gasteiger charge is 2.15. The fourth-order valence-electron chi connectivity index (χ4n) is 1.47. The number of nitrogens with one attached hydrogen (secondary N) is 1. The van der Waals surface area contributed by atoms with Crippen LogP contribution in [0.15, 0.2) is 23.7 Å². The normalized spacial score (nSPS) is 9.75. The number of carbonyl (C=O) groups is 1. The van der Waals surface area contributed by atoms with Gasteiger partial charge in [-0.3, -0.25) is 4.79 Å². The van der Waals surface area contributed by atoms with Gasteiger partial charge in [0, 0.05) is 11.8 Å². The summed E-state index contributed by atoms with van der Waals surface area (Å²) in [6.45, 7) is 1.63. The number of carbonyl (C=O) groups excluding carboxylic acids is 1. The van der Waals surface area contributed by atoms with Gasteiger partial charge in [-0.15, -0.1) is 11.3 Å². The average Bonchev–Trinajstić information content (AvgIpc) is 2.77. The molecule has 0 aliphatic heterocycles. The first-order valence-electron chi connectivity index (χ1n) is 5.72. The fourth-order valence-corrected chi connectivity index (χ4v) is 2.65. The molecule has 4 nitrogen and oxygen atoms in total. The van der Waals surface area contributed by atoms with Crippen LogP contribution in [0.4, 0.5) is 5.82 Å². The highest BCUT2D eigenvalue weighted by molar-refractivity contribution is 7.13. The molecule has 0 atom stereocenters. The van der Waals surface area contributed by atoms with Crippen molar-refractivity contribution in [1.29, 1.82) is 0 Å². The second kappa shape index (κ2) is 6.53. The van der Waals surface area contributed by atoms with Gasteiger partial charge in [-0.25, -0.2) is 4.98 Å². The molecule has 0 aromatic carbocycles. The molecule has 0 aliphatic rings. The van der Waals surface area contributed by atoms with Crippen LogP contribution < -0.4 is 5.32 Å². The first-order valence-corrected chi connectivity index (χ1v) is 6.98. The van der Waals surface area contributed by atoms with Crippen LogP contribution in [-0.4, -0.2) is 22.6 Å². The maximum atomic E-state index is 12.1. The first kappa shape index (κ1) is 14.5. The molecule has 2 N–H and O–H groups in total. The predicted molar refractivity (Wildman–Crippen MR) is 80.2 cm³/mol. The van der Waals surface area contributed by atoms with Gasteiger partial charge < -0.3 is 10.4 Å². The molecule has 2 aromatic rings. The largest absolute Gasteiger partial charge is 0.384 e. The van der Waals surface area contributed by atoms with Gasteiger partial charge in [-0.1, -0.05) is 23.4 Å². The number of rotatable bonds is 2. The second-order valence-corrected chi connectivity index (χ2v) is 5.16. The van der Waals surface area contributed by atoms with E-state index in [4.69, 9.17) is 16.7 Å². The van der Waals surface area contributed by atoms with Gasteiger partial charge in [0.05, 0.1) is 5.02 Å². The number of pyridine rings is 1. The Balaban J connectivity index is 2.18. The fraction of sp³-hybridized carbons (Fsp3) is 0.143. The molecule has 0 aliphatic carbocycles. The van der Waals surface area contributed by atoms with Crippen molar-refractivity contribution in [3.63, 3.8) is 0 Å². The van der Waals surface area contributed by atoms with Crippen molar-refractivity contribution in [2.24, 2.45) is 0 Å². The topological polar surface area (TPSA) is 62.2 Å². The van der Waals surface area contributed by atoms with E-state index in [2.05, 4.69) is 22.1 Å². The maximum absolute atomic E-state index is 12.1. The summed E-state index contributed by atoms with van der Waals surface area (Å²) in [5.74, 6) is 5.38. The van der Waals surface area contributed by atoms with Gasteiger partial charge in [-0.2, -0.15) is 0 Å². The van der Waals surface area contributed by atoms with E-state index in [0.717, 1.165) is 5.56 Å². The zero-order valence-corrected chi connectivity index (χ0v) is 12.2. The Kier molecular flexibility index (Phi) is 4.74. The Labute approximate surface area is 125 Å². The van der Waals surface area contributed by atoms with Gasteiger partial charge >= 0.3 is 0 Å².